The van der Waals surface area contributed by atoms with Gasteiger partial charge in [0.25, 0.3) is 0 Å². The maximum atomic E-state index is 12.1. The first-order valence-corrected chi connectivity index (χ1v) is 13.1. The molecule has 0 unspecified atom stereocenters. The number of aromatic nitrogens is 1. The van der Waals surface area contributed by atoms with Crippen LogP contribution in [0, 0.1) is 30.1 Å². The van der Waals surface area contributed by atoms with Crippen molar-refractivity contribution in [2.24, 2.45) is 10.8 Å². The predicted molar refractivity (Wildman–Crippen MR) is 148 cm³/mol. The van der Waals surface area contributed by atoms with Crippen molar-refractivity contribution in [3.05, 3.63) is 52.7 Å². The third-order valence-electron chi connectivity index (χ3n) is 8.68. The fraction of sp³-hybridized carbons (Fsp3) is 0.500. The number of hydrogen-bond acceptors (Lipinski definition) is 5. The van der Waals surface area contributed by atoms with E-state index in [0.29, 0.717) is 0 Å². The number of nitrogens with zero attached hydrogens (tertiary/aromatic N) is 3. The van der Waals surface area contributed by atoms with Gasteiger partial charge >= 0.3 is 0 Å². The minimum Gasteiger partial charge on any atom is -0.387 e. The molecule has 5 rings (SSSR count). The summed E-state index contributed by atoms with van der Waals surface area (Å²) in [5, 5.41) is 11.4. The van der Waals surface area contributed by atoms with Gasteiger partial charge in [0.1, 0.15) is 5.82 Å². The molecule has 6 nitrogen and oxygen atoms in total. The number of pyridine rings is 1. The second-order valence-corrected chi connectivity index (χ2v) is 11.9. The van der Waals surface area contributed by atoms with E-state index in [9.17, 15) is 4.79 Å². The Morgan fingerprint density at radius 1 is 1.17 bits per heavy atom. The van der Waals surface area contributed by atoms with Gasteiger partial charge in [-0.3, -0.25) is 4.79 Å². The summed E-state index contributed by atoms with van der Waals surface area (Å²) in [5.41, 5.74) is 9.86. The number of aryl methyl sites for hydroxylation is 1. The zero-order valence-corrected chi connectivity index (χ0v) is 22.4. The lowest BCUT2D eigenvalue weighted by Crippen LogP contribution is -2.59. The highest BCUT2D eigenvalue weighted by atomic mass is 16.2. The first kappa shape index (κ1) is 24.5. The number of anilines is 2. The van der Waals surface area contributed by atoms with Crippen molar-refractivity contribution in [3.8, 4) is 11.1 Å². The van der Waals surface area contributed by atoms with Crippen LogP contribution in [0.25, 0.3) is 11.1 Å². The van der Waals surface area contributed by atoms with E-state index >= 15 is 0 Å². The van der Waals surface area contributed by atoms with Gasteiger partial charge in [0.05, 0.1) is 5.69 Å². The van der Waals surface area contributed by atoms with Gasteiger partial charge < -0.3 is 20.5 Å². The summed E-state index contributed by atoms with van der Waals surface area (Å²) < 4.78 is 0. The normalized spacial score (nSPS) is 19.6. The molecule has 2 N–H and O–H groups in total. The highest BCUT2D eigenvalue weighted by Crippen LogP contribution is 2.48. The second kappa shape index (κ2) is 8.75. The van der Waals surface area contributed by atoms with Crippen LogP contribution in [0.4, 0.5) is 11.5 Å². The van der Waals surface area contributed by atoms with Crippen LogP contribution in [0.1, 0.15) is 54.6 Å². The molecule has 0 radical (unpaired) electrons. The van der Waals surface area contributed by atoms with Gasteiger partial charge in [-0.2, -0.15) is 0 Å². The number of rotatable bonds is 5. The lowest BCUT2D eigenvalue weighted by molar-refractivity contribution is -0.136. The number of nitrogens with one attached hydrogen (secondary N) is 2. The average Bonchev–Trinajstić information content (AvgIpc) is 3.28. The average molecular weight is 486 g/mol. The van der Waals surface area contributed by atoms with E-state index in [1.54, 1.807) is 0 Å². The van der Waals surface area contributed by atoms with Crippen molar-refractivity contribution >= 4 is 23.6 Å². The maximum Gasteiger partial charge on any atom is 0.245 e. The monoisotopic (exact) mass is 485 g/mol. The zero-order chi connectivity index (χ0) is 25.8. The van der Waals surface area contributed by atoms with Crippen LogP contribution in [0.15, 0.2) is 24.8 Å². The second-order valence-electron chi connectivity index (χ2n) is 11.9. The zero-order valence-electron chi connectivity index (χ0n) is 22.4. The molecule has 1 aliphatic carbocycles. The summed E-state index contributed by atoms with van der Waals surface area (Å²) in [5.74, 6) is 1.13. The number of hydrogen-bond donors (Lipinski definition) is 2. The summed E-state index contributed by atoms with van der Waals surface area (Å²) in [6, 6.07) is 4.17. The molecule has 190 valence electrons. The van der Waals surface area contributed by atoms with Gasteiger partial charge in [0.2, 0.25) is 5.91 Å². The van der Waals surface area contributed by atoms with E-state index in [0.717, 1.165) is 68.9 Å². The number of benzene rings is 1. The summed E-state index contributed by atoms with van der Waals surface area (Å²) >= 11 is 0. The molecular formula is C30H39N5O. The van der Waals surface area contributed by atoms with Gasteiger partial charge in [-0.25, -0.2) is 4.98 Å². The number of carbonyl (C=O) groups is 1. The first-order chi connectivity index (χ1) is 17.1. The van der Waals surface area contributed by atoms with Crippen LogP contribution in [-0.4, -0.2) is 55.2 Å². The summed E-state index contributed by atoms with van der Waals surface area (Å²) in [4.78, 5) is 21.8. The van der Waals surface area contributed by atoms with Crippen LogP contribution in [0.3, 0.4) is 0 Å². The molecule has 1 amide bonds. The Morgan fingerprint density at radius 3 is 2.58 bits per heavy atom. The molecule has 36 heavy (non-hydrogen) atoms. The van der Waals surface area contributed by atoms with Crippen LogP contribution >= 0.6 is 0 Å². The summed E-state index contributed by atoms with van der Waals surface area (Å²) in [6.45, 7) is 16.3. The third kappa shape index (κ3) is 3.91. The summed E-state index contributed by atoms with van der Waals surface area (Å²) in [6.07, 6.45) is 7.08. The molecule has 3 heterocycles. The van der Waals surface area contributed by atoms with Crippen molar-refractivity contribution in [1.82, 2.24) is 9.88 Å². The minimum absolute atomic E-state index is 0.0350. The molecule has 3 aliphatic rings. The largest absolute Gasteiger partial charge is 0.387 e. The van der Waals surface area contributed by atoms with Crippen LogP contribution < -0.4 is 10.2 Å². The molecule has 1 spiro atoms. The Morgan fingerprint density at radius 2 is 1.92 bits per heavy atom. The third-order valence-corrected chi connectivity index (χ3v) is 8.68. The highest BCUT2D eigenvalue weighted by molar-refractivity contribution is 5.97. The molecule has 2 fully saturated rings. The molecule has 2 saturated heterocycles. The van der Waals surface area contributed by atoms with Crippen molar-refractivity contribution in [3.63, 3.8) is 0 Å². The van der Waals surface area contributed by atoms with Crippen molar-refractivity contribution in [2.45, 2.75) is 53.4 Å². The Bertz CT molecular complexity index is 1250. The molecule has 2 aliphatic heterocycles. The Hall–Kier alpha value is -3.15. The number of likely N-dealkylation sites (tertiary alicyclic amines) is 1. The Labute approximate surface area is 215 Å². The van der Waals surface area contributed by atoms with Gasteiger partial charge in [-0.05, 0) is 73.3 Å². The minimum atomic E-state index is 0.0350. The molecule has 6 heteroatoms. The standard InChI is InChI=1S/C30H39N5O/c1-7-24(36)35-17-30(18-35)12-13-34(16-30)28-20(3)26(22-10-11-29(4,5)14-23(22)33-28)25-19(2)8-9-21(15-31)27(25)32-6/h7-9,15,31-32H,1,10-14,16-18H2,2-6H3. The van der Waals surface area contributed by atoms with E-state index in [2.05, 4.69) is 50.6 Å². The molecule has 2 aromatic rings. The van der Waals surface area contributed by atoms with E-state index in [1.165, 1.54) is 45.8 Å². The summed E-state index contributed by atoms with van der Waals surface area (Å²) in [7, 11) is 1.95. The van der Waals surface area contributed by atoms with Crippen molar-refractivity contribution < 1.29 is 4.79 Å². The fourth-order valence-corrected chi connectivity index (χ4v) is 6.69. The van der Waals surface area contributed by atoms with Gasteiger partial charge in [-0.1, -0.05) is 32.6 Å². The number of fused-ring (bicyclic) bond motifs is 1. The van der Waals surface area contributed by atoms with Crippen LogP contribution in [0.2, 0.25) is 0 Å². The van der Waals surface area contributed by atoms with E-state index in [1.807, 2.05) is 18.0 Å². The maximum absolute atomic E-state index is 12.1. The van der Waals surface area contributed by atoms with Gasteiger partial charge in [0, 0.05) is 61.7 Å². The number of carbonyl (C=O) groups excluding carboxylic acids is 1. The van der Waals surface area contributed by atoms with Crippen molar-refractivity contribution in [1.29, 1.82) is 5.41 Å². The van der Waals surface area contributed by atoms with E-state index in [-0.39, 0.29) is 16.7 Å². The topological polar surface area (TPSA) is 72.3 Å². The molecule has 1 aromatic heterocycles. The highest BCUT2D eigenvalue weighted by Gasteiger charge is 2.49. The Balaban J connectivity index is 1.62. The van der Waals surface area contributed by atoms with Gasteiger partial charge in [0.15, 0.2) is 0 Å². The lowest BCUT2D eigenvalue weighted by Gasteiger charge is -2.47. The smallest absolute Gasteiger partial charge is 0.245 e. The molecule has 0 atom stereocenters. The van der Waals surface area contributed by atoms with Crippen LogP contribution in [0.5, 0.6) is 0 Å². The lowest BCUT2D eigenvalue weighted by atomic mass is 9.73. The fourth-order valence-electron chi connectivity index (χ4n) is 6.69. The van der Waals surface area contributed by atoms with Gasteiger partial charge in [-0.15, -0.1) is 0 Å². The first-order valence-electron chi connectivity index (χ1n) is 13.1. The molecule has 1 aromatic carbocycles. The molecule has 0 bridgehead atoms. The molecule has 0 saturated carbocycles. The molecular weight excluding hydrogens is 446 g/mol. The SMILES string of the molecule is C=CC(=O)N1CC2(CCN(c3nc4c(c(-c5c(C)ccc(C=N)c5NC)c3C)CCC(C)(C)C4)C2)C1. The number of amides is 1. The van der Waals surface area contributed by atoms with Crippen LogP contribution in [-0.2, 0) is 17.6 Å². The van der Waals surface area contributed by atoms with Crippen molar-refractivity contribution in [2.75, 3.05) is 43.4 Å². The van der Waals surface area contributed by atoms with E-state index in [4.69, 9.17) is 10.4 Å². The Kier molecular flexibility index (Phi) is 5.97. The quantitative estimate of drug-likeness (QED) is 0.454. The van der Waals surface area contributed by atoms with E-state index < -0.39 is 0 Å². The predicted octanol–water partition coefficient (Wildman–Crippen LogP) is 5.14.